The van der Waals surface area contributed by atoms with Gasteiger partial charge in [0.25, 0.3) is 11.8 Å². The third kappa shape index (κ3) is 6.38. The predicted octanol–water partition coefficient (Wildman–Crippen LogP) is 4.61. The maximum atomic E-state index is 12.4. The standard InChI is InChI=1S/C25H27N3O4S/c1-2-31-21-14-17(15-22-24(30)28-25(33-22)27-19-10-6-7-11-19)12-13-20(21)32-16-23(29)26-18-8-4-3-5-9-18/h3-5,8-9,12-15,19H,2,6-7,10-11,16H2,1H3,(H,26,29)(H,27,28,30)/b22-15-. The molecule has 2 amide bonds. The van der Waals surface area contributed by atoms with Gasteiger partial charge in [0, 0.05) is 5.69 Å². The van der Waals surface area contributed by atoms with Crippen LogP contribution in [0.5, 0.6) is 11.5 Å². The van der Waals surface area contributed by atoms with Gasteiger partial charge in [-0.15, -0.1) is 0 Å². The Morgan fingerprint density at radius 1 is 1.15 bits per heavy atom. The zero-order valence-electron chi connectivity index (χ0n) is 18.5. The lowest BCUT2D eigenvalue weighted by molar-refractivity contribution is -0.118. The smallest absolute Gasteiger partial charge is 0.264 e. The molecular weight excluding hydrogens is 438 g/mol. The van der Waals surface area contributed by atoms with Crippen molar-refractivity contribution in [1.82, 2.24) is 5.32 Å². The minimum Gasteiger partial charge on any atom is -0.490 e. The summed E-state index contributed by atoms with van der Waals surface area (Å²) in [6, 6.07) is 14.9. The lowest BCUT2D eigenvalue weighted by Crippen LogP contribution is -2.21. The minimum absolute atomic E-state index is 0.144. The van der Waals surface area contributed by atoms with Crippen molar-refractivity contribution in [3.05, 3.63) is 59.0 Å². The summed E-state index contributed by atoms with van der Waals surface area (Å²) >= 11 is 1.36. The zero-order valence-corrected chi connectivity index (χ0v) is 19.3. The lowest BCUT2D eigenvalue weighted by Gasteiger charge is -2.13. The van der Waals surface area contributed by atoms with Gasteiger partial charge in [0.15, 0.2) is 23.3 Å². The summed E-state index contributed by atoms with van der Waals surface area (Å²) in [6.07, 6.45) is 6.38. The molecule has 2 fully saturated rings. The third-order valence-electron chi connectivity index (χ3n) is 5.26. The number of para-hydroxylation sites is 1. The van der Waals surface area contributed by atoms with Crippen molar-refractivity contribution < 1.29 is 19.1 Å². The van der Waals surface area contributed by atoms with E-state index >= 15 is 0 Å². The molecule has 2 aromatic carbocycles. The average molecular weight is 466 g/mol. The van der Waals surface area contributed by atoms with Crippen LogP contribution in [-0.4, -0.2) is 36.2 Å². The number of ether oxygens (including phenoxy) is 2. The highest BCUT2D eigenvalue weighted by Crippen LogP contribution is 2.32. The number of carbonyl (C=O) groups excluding carboxylic acids is 2. The predicted molar refractivity (Wildman–Crippen MR) is 132 cm³/mol. The van der Waals surface area contributed by atoms with E-state index in [-0.39, 0.29) is 18.4 Å². The SMILES string of the molecule is CCOc1cc(/C=C2\SC(=NC3CCCC3)NC2=O)ccc1OCC(=O)Nc1ccccc1. The van der Waals surface area contributed by atoms with Crippen molar-refractivity contribution in [2.45, 2.75) is 38.6 Å². The lowest BCUT2D eigenvalue weighted by atomic mass is 10.2. The second-order valence-corrected chi connectivity index (χ2v) is 8.81. The van der Waals surface area contributed by atoms with Crippen LogP contribution in [0, 0.1) is 0 Å². The van der Waals surface area contributed by atoms with Gasteiger partial charge in [0.05, 0.1) is 17.6 Å². The molecule has 0 unspecified atom stereocenters. The zero-order chi connectivity index (χ0) is 23.0. The molecule has 2 aliphatic rings. The molecule has 0 spiro atoms. The summed E-state index contributed by atoms with van der Waals surface area (Å²) < 4.78 is 11.4. The summed E-state index contributed by atoms with van der Waals surface area (Å²) in [5.74, 6) is 0.576. The molecule has 1 heterocycles. The molecule has 0 bridgehead atoms. The molecule has 0 atom stereocenters. The number of hydrogen-bond donors (Lipinski definition) is 2. The van der Waals surface area contributed by atoms with Gasteiger partial charge in [-0.05, 0) is 67.4 Å². The molecular formula is C25H27N3O4S. The van der Waals surface area contributed by atoms with Crippen LogP contribution in [0.3, 0.4) is 0 Å². The first kappa shape index (κ1) is 22.9. The number of benzene rings is 2. The fourth-order valence-corrected chi connectivity index (χ4v) is 4.60. The number of carbonyl (C=O) groups is 2. The molecule has 7 nitrogen and oxygen atoms in total. The number of nitrogens with one attached hydrogen (secondary N) is 2. The minimum atomic E-state index is -0.261. The van der Waals surface area contributed by atoms with E-state index in [9.17, 15) is 9.59 Å². The maximum Gasteiger partial charge on any atom is 0.264 e. The highest BCUT2D eigenvalue weighted by molar-refractivity contribution is 8.18. The average Bonchev–Trinajstić information content (AvgIpc) is 3.44. The van der Waals surface area contributed by atoms with Gasteiger partial charge in [0.2, 0.25) is 0 Å². The van der Waals surface area contributed by atoms with Crippen molar-refractivity contribution >= 4 is 40.5 Å². The molecule has 1 saturated heterocycles. The number of aliphatic imine (C=N–C) groups is 1. The van der Waals surface area contributed by atoms with Gasteiger partial charge < -0.3 is 20.1 Å². The molecule has 2 N–H and O–H groups in total. The monoisotopic (exact) mass is 465 g/mol. The number of rotatable bonds is 8. The van der Waals surface area contributed by atoms with E-state index in [1.54, 1.807) is 12.1 Å². The Hall–Kier alpha value is -3.26. The molecule has 1 saturated carbocycles. The van der Waals surface area contributed by atoms with Gasteiger partial charge in [-0.3, -0.25) is 14.6 Å². The van der Waals surface area contributed by atoms with Crippen LogP contribution in [0.2, 0.25) is 0 Å². The molecule has 33 heavy (non-hydrogen) atoms. The molecule has 1 aliphatic heterocycles. The number of amidine groups is 1. The summed E-state index contributed by atoms with van der Waals surface area (Å²) in [4.78, 5) is 29.8. The quantitative estimate of drug-likeness (QED) is 0.556. The van der Waals surface area contributed by atoms with E-state index in [0.29, 0.717) is 39.9 Å². The van der Waals surface area contributed by atoms with E-state index < -0.39 is 0 Å². The largest absolute Gasteiger partial charge is 0.490 e. The van der Waals surface area contributed by atoms with Crippen molar-refractivity contribution in [3.63, 3.8) is 0 Å². The topological polar surface area (TPSA) is 89.0 Å². The summed E-state index contributed by atoms with van der Waals surface area (Å²) in [6.45, 7) is 2.18. The van der Waals surface area contributed by atoms with Crippen LogP contribution in [-0.2, 0) is 9.59 Å². The van der Waals surface area contributed by atoms with Crippen molar-refractivity contribution in [2.75, 3.05) is 18.5 Å². The second kappa shape index (κ2) is 11.0. The van der Waals surface area contributed by atoms with Crippen LogP contribution >= 0.6 is 11.8 Å². The van der Waals surface area contributed by atoms with Crippen molar-refractivity contribution in [3.8, 4) is 11.5 Å². The fourth-order valence-electron chi connectivity index (χ4n) is 3.70. The molecule has 4 rings (SSSR count). The fraction of sp³-hybridized carbons (Fsp3) is 0.320. The molecule has 172 valence electrons. The maximum absolute atomic E-state index is 12.4. The normalized spacial score (nSPS) is 18.5. The van der Waals surface area contributed by atoms with Crippen LogP contribution < -0.4 is 20.1 Å². The van der Waals surface area contributed by atoms with E-state index in [1.165, 1.54) is 24.6 Å². The molecule has 1 aliphatic carbocycles. The number of anilines is 1. The first-order valence-corrected chi connectivity index (χ1v) is 12.0. The number of thioether (sulfide) groups is 1. The third-order valence-corrected chi connectivity index (χ3v) is 6.18. The Morgan fingerprint density at radius 3 is 2.70 bits per heavy atom. The Kier molecular flexibility index (Phi) is 7.67. The molecule has 8 heteroatoms. The molecule has 0 radical (unpaired) electrons. The Balaban J connectivity index is 1.42. The molecule has 2 aromatic rings. The van der Waals surface area contributed by atoms with Gasteiger partial charge >= 0.3 is 0 Å². The molecule has 0 aromatic heterocycles. The first-order valence-electron chi connectivity index (χ1n) is 11.1. The van der Waals surface area contributed by atoms with Gasteiger partial charge in [0.1, 0.15) is 0 Å². The number of hydrogen-bond acceptors (Lipinski definition) is 6. The van der Waals surface area contributed by atoms with E-state index in [0.717, 1.165) is 18.4 Å². The Bertz CT molecular complexity index is 1060. The Morgan fingerprint density at radius 2 is 1.94 bits per heavy atom. The van der Waals surface area contributed by atoms with E-state index in [4.69, 9.17) is 9.47 Å². The number of amides is 2. The second-order valence-electron chi connectivity index (χ2n) is 7.78. The summed E-state index contributed by atoms with van der Waals surface area (Å²) in [7, 11) is 0. The van der Waals surface area contributed by atoms with Crippen molar-refractivity contribution in [1.29, 1.82) is 0 Å². The van der Waals surface area contributed by atoms with Crippen LogP contribution in [0.4, 0.5) is 5.69 Å². The van der Waals surface area contributed by atoms with Crippen LogP contribution in [0.1, 0.15) is 38.2 Å². The van der Waals surface area contributed by atoms with E-state index in [2.05, 4.69) is 15.6 Å². The summed E-state index contributed by atoms with van der Waals surface area (Å²) in [5, 5.41) is 6.32. The summed E-state index contributed by atoms with van der Waals surface area (Å²) in [5.41, 5.74) is 1.51. The van der Waals surface area contributed by atoms with Crippen molar-refractivity contribution in [2.24, 2.45) is 4.99 Å². The van der Waals surface area contributed by atoms with E-state index in [1.807, 2.05) is 49.4 Å². The Labute approximate surface area is 197 Å². The highest BCUT2D eigenvalue weighted by Gasteiger charge is 2.25. The van der Waals surface area contributed by atoms with Gasteiger partial charge in [-0.25, -0.2) is 0 Å². The van der Waals surface area contributed by atoms with Gasteiger partial charge in [-0.2, -0.15) is 0 Å². The van der Waals surface area contributed by atoms with Crippen LogP contribution in [0.25, 0.3) is 6.08 Å². The van der Waals surface area contributed by atoms with Crippen LogP contribution in [0.15, 0.2) is 58.4 Å². The first-order chi connectivity index (χ1) is 16.1. The highest BCUT2D eigenvalue weighted by atomic mass is 32.2. The van der Waals surface area contributed by atoms with Gasteiger partial charge in [-0.1, -0.05) is 37.1 Å². The number of nitrogens with zero attached hydrogens (tertiary/aromatic N) is 1.